The maximum atomic E-state index is 10.9. The third-order valence-corrected chi connectivity index (χ3v) is 2.30. The number of pyridine rings is 1. The predicted molar refractivity (Wildman–Crippen MR) is 64.2 cm³/mol. The molecule has 4 N–H and O–H groups in total. The molecule has 7 heteroatoms. The molecule has 7 nitrogen and oxygen atoms in total. The van der Waals surface area contributed by atoms with E-state index in [1.807, 2.05) is 0 Å². The summed E-state index contributed by atoms with van der Waals surface area (Å²) in [5, 5.41) is 11.8. The average Bonchev–Trinajstić information content (AvgIpc) is 2.73. The molecule has 0 aliphatic heterocycles. The lowest BCUT2D eigenvalue weighted by Gasteiger charge is -2.08. The van der Waals surface area contributed by atoms with Crippen LogP contribution in [0, 0.1) is 6.92 Å². The van der Waals surface area contributed by atoms with E-state index in [0.29, 0.717) is 17.5 Å². The van der Waals surface area contributed by atoms with E-state index < -0.39 is 5.97 Å². The van der Waals surface area contributed by atoms with Gasteiger partial charge in [0.1, 0.15) is 11.6 Å². The molecule has 0 atom stereocenters. The maximum absolute atomic E-state index is 10.9. The van der Waals surface area contributed by atoms with Crippen LogP contribution >= 0.6 is 0 Å². The van der Waals surface area contributed by atoms with E-state index in [9.17, 15) is 4.79 Å². The van der Waals surface area contributed by atoms with Crippen molar-refractivity contribution in [1.82, 2.24) is 9.97 Å². The number of hydrogen-bond donors (Lipinski definition) is 3. The van der Waals surface area contributed by atoms with E-state index in [2.05, 4.69) is 15.3 Å². The molecule has 0 unspecified atom stereocenters. The van der Waals surface area contributed by atoms with E-state index in [4.69, 9.17) is 15.3 Å². The summed E-state index contributed by atoms with van der Waals surface area (Å²) < 4.78 is 5.26. The van der Waals surface area contributed by atoms with Crippen LogP contribution in [-0.2, 0) is 6.54 Å². The smallest absolute Gasteiger partial charge is 0.337 e. The van der Waals surface area contributed by atoms with Crippen molar-refractivity contribution in [2.75, 3.05) is 11.1 Å². The SMILES string of the molecule is Cc1cnc(CNc2nccc(C(=O)O)c2N)o1. The summed E-state index contributed by atoms with van der Waals surface area (Å²) in [6, 6.07) is 1.35. The molecule has 2 aromatic heterocycles. The van der Waals surface area contributed by atoms with Crippen LogP contribution in [0.5, 0.6) is 0 Å². The Hall–Kier alpha value is -2.57. The number of aromatic nitrogens is 2. The first kappa shape index (κ1) is 11.9. The van der Waals surface area contributed by atoms with Gasteiger partial charge in [0, 0.05) is 6.20 Å². The van der Waals surface area contributed by atoms with Crippen LogP contribution in [0.1, 0.15) is 22.0 Å². The molecule has 94 valence electrons. The molecule has 0 saturated heterocycles. The molecule has 0 saturated carbocycles. The fraction of sp³-hybridized carbons (Fsp3) is 0.182. The van der Waals surface area contributed by atoms with Crippen LogP contribution in [0.2, 0.25) is 0 Å². The van der Waals surface area contributed by atoms with Crippen LogP contribution in [0.25, 0.3) is 0 Å². The number of aryl methyl sites for hydroxylation is 1. The number of hydrogen-bond acceptors (Lipinski definition) is 6. The van der Waals surface area contributed by atoms with Gasteiger partial charge in [-0.2, -0.15) is 0 Å². The second-order valence-electron chi connectivity index (χ2n) is 3.64. The van der Waals surface area contributed by atoms with Crippen molar-refractivity contribution in [2.45, 2.75) is 13.5 Å². The highest BCUT2D eigenvalue weighted by molar-refractivity contribution is 5.96. The Bertz CT molecular complexity index is 579. The minimum atomic E-state index is -1.09. The summed E-state index contributed by atoms with van der Waals surface area (Å²) in [7, 11) is 0. The topological polar surface area (TPSA) is 114 Å². The standard InChI is InChI=1S/C11H12N4O3/c1-6-4-14-8(18-6)5-15-10-9(12)7(11(16)17)2-3-13-10/h2-4H,5,12H2,1H3,(H,13,15)(H,16,17). The van der Waals surface area contributed by atoms with Gasteiger partial charge < -0.3 is 20.6 Å². The first-order valence-corrected chi connectivity index (χ1v) is 5.21. The quantitative estimate of drug-likeness (QED) is 0.746. The molecule has 2 aromatic rings. The largest absolute Gasteiger partial charge is 0.478 e. The Morgan fingerprint density at radius 1 is 1.56 bits per heavy atom. The highest BCUT2D eigenvalue weighted by atomic mass is 16.4. The van der Waals surface area contributed by atoms with E-state index >= 15 is 0 Å². The Balaban J connectivity index is 2.14. The normalized spacial score (nSPS) is 10.3. The number of carbonyl (C=O) groups is 1. The molecule has 0 fully saturated rings. The summed E-state index contributed by atoms with van der Waals surface area (Å²) in [6.45, 7) is 2.07. The van der Waals surface area contributed by atoms with Gasteiger partial charge in [-0.3, -0.25) is 0 Å². The highest BCUT2D eigenvalue weighted by Crippen LogP contribution is 2.20. The van der Waals surface area contributed by atoms with Gasteiger partial charge in [-0.25, -0.2) is 14.8 Å². The summed E-state index contributed by atoms with van der Waals surface area (Å²) >= 11 is 0. The molecule has 0 aliphatic carbocycles. The second-order valence-corrected chi connectivity index (χ2v) is 3.64. The lowest BCUT2D eigenvalue weighted by molar-refractivity contribution is 0.0698. The van der Waals surface area contributed by atoms with Crippen LogP contribution in [0.3, 0.4) is 0 Å². The lowest BCUT2D eigenvalue weighted by Crippen LogP contribution is -2.09. The molecule has 2 heterocycles. The summed E-state index contributed by atoms with van der Waals surface area (Å²) in [5.41, 5.74) is 5.80. The van der Waals surface area contributed by atoms with E-state index in [-0.39, 0.29) is 17.8 Å². The molecule has 0 aliphatic rings. The summed E-state index contributed by atoms with van der Waals surface area (Å²) in [4.78, 5) is 18.9. The van der Waals surface area contributed by atoms with Gasteiger partial charge in [-0.15, -0.1) is 0 Å². The van der Waals surface area contributed by atoms with Crippen LogP contribution < -0.4 is 11.1 Å². The fourth-order valence-electron chi connectivity index (χ4n) is 1.44. The predicted octanol–water partition coefficient (Wildman–Crippen LogP) is 1.27. The van der Waals surface area contributed by atoms with Crippen molar-refractivity contribution in [3.63, 3.8) is 0 Å². The number of carboxylic acid groups (broad SMARTS) is 1. The zero-order valence-corrected chi connectivity index (χ0v) is 9.67. The first-order valence-electron chi connectivity index (χ1n) is 5.21. The van der Waals surface area contributed by atoms with Crippen molar-refractivity contribution in [1.29, 1.82) is 0 Å². The molecular formula is C11H12N4O3. The second kappa shape index (κ2) is 4.74. The molecule has 0 amide bonds. The monoisotopic (exact) mass is 248 g/mol. The minimum Gasteiger partial charge on any atom is -0.478 e. The molecule has 2 rings (SSSR count). The van der Waals surface area contributed by atoms with Crippen molar-refractivity contribution in [2.24, 2.45) is 0 Å². The van der Waals surface area contributed by atoms with E-state index in [0.717, 1.165) is 0 Å². The lowest BCUT2D eigenvalue weighted by atomic mass is 10.2. The number of nitrogens with one attached hydrogen (secondary N) is 1. The third-order valence-electron chi connectivity index (χ3n) is 2.30. The fourth-order valence-corrected chi connectivity index (χ4v) is 1.44. The Labute approximate surface area is 103 Å². The van der Waals surface area contributed by atoms with Crippen molar-refractivity contribution in [3.05, 3.63) is 35.7 Å². The Morgan fingerprint density at radius 2 is 2.33 bits per heavy atom. The third kappa shape index (κ3) is 2.40. The number of nitrogen functional groups attached to an aromatic ring is 1. The Kier molecular flexibility index (Phi) is 3.13. The zero-order valence-electron chi connectivity index (χ0n) is 9.67. The minimum absolute atomic E-state index is 0.0103. The summed E-state index contributed by atoms with van der Waals surface area (Å²) in [6.07, 6.45) is 2.98. The molecule has 0 aromatic carbocycles. The number of nitrogens with two attached hydrogens (primary N) is 1. The van der Waals surface area contributed by atoms with Crippen molar-refractivity contribution >= 4 is 17.5 Å². The van der Waals surface area contributed by atoms with Gasteiger partial charge in [0.2, 0.25) is 5.89 Å². The van der Waals surface area contributed by atoms with Crippen molar-refractivity contribution < 1.29 is 14.3 Å². The molecule has 18 heavy (non-hydrogen) atoms. The zero-order chi connectivity index (χ0) is 13.1. The van der Waals surface area contributed by atoms with Gasteiger partial charge in [0.25, 0.3) is 0 Å². The van der Waals surface area contributed by atoms with Gasteiger partial charge in [-0.1, -0.05) is 0 Å². The molecule has 0 radical (unpaired) electrons. The van der Waals surface area contributed by atoms with Crippen LogP contribution in [0.4, 0.5) is 11.5 Å². The van der Waals surface area contributed by atoms with E-state index in [1.54, 1.807) is 13.1 Å². The van der Waals surface area contributed by atoms with Gasteiger partial charge in [0.05, 0.1) is 24.0 Å². The van der Waals surface area contributed by atoms with Gasteiger partial charge in [-0.05, 0) is 13.0 Å². The van der Waals surface area contributed by atoms with Gasteiger partial charge in [0.15, 0.2) is 0 Å². The van der Waals surface area contributed by atoms with Crippen molar-refractivity contribution in [3.8, 4) is 0 Å². The van der Waals surface area contributed by atoms with Gasteiger partial charge >= 0.3 is 5.97 Å². The number of anilines is 2. The molecule has 0 bridgehead atoms. The molecule has 0 spiro atoms. The maximum Gasteiger partial charge on any atom is 0.337 e. The number of oxazole rings is 1. The number of nitrogens with zero attached hydrogens (tertiary/aromatic N) is 2. The first-order chi connectivity index (χ1) is 8.58. The molecular weight excluding hydrogens is 236 g/mol. The van der Waals surface area contributed by atoms with E-state index in [1.165, 1.54) is 12.3 Å². The highest BCUT2D eigenvalue weighted by Gasteiger charge is 2.12. The van der Waals surface area contributed by atoms with Crippen LogP contribution in [0.15, 0.2) is 22.9 Å². The van der Waals surface area contributed by atoms with Crippen LogP contribution in [-0.4, -0.2) is 21.0 Å². The summed E-state index contributed by atoms with van der Waals surface area (Å²) in [5.74, 6) is 0.386. The Morgan fingerprint density at radius 3 is 2.94 bits per heavy atom. The number of carboxylic acids is 1. The number of aromatic carboxylic acids is 1. The average molecular weight is 248 g/mol. The number of rotatable bonds is 4.